The normalized spacial score (nSPS) is 10.4. The smallest absolute Gasteiger partial charge is 0.246 e. The van der Waals surface area contributed by atoms with Crippen LogP contribution in [-0.2, 0) is 11.3 Å². The summed E-state index contributed by atoms with van der Waals surface area (Å²) in [6, 6.07) is 7.21. The number of nitrogens with zero attached hydrogens (tertiary/aromatic N) is 3. The van der Waals surface area contributed by atoms with Crippen LogP contribution >= 0.6 is 39.1 Å². The van der Waals surface area contributed by atoms with E-state index in [0.717, 1.165) is 4.47 Å². The summed E-state index contributed by atoms with van der Waals surface area (Å²) < 4.78 is 2.16. The SMILES string of the molecule is O=C(Cn1nc(Cl)nc1Cl)Nc1ccc(Br)cc1. The van der Waals surface area contributed by atoms with Crippen LogP contribution in [0.1, 0.15) is 0 Å². The first-order valence-electron chi connectivity index (χ1n) is 4.86. The summed E-state index contributed by atoms with van der Waals surface area (Å²) in [6.07, 6.45) is 0. The van der Waals surface area contributed by atoms with Crippen molar-refractivity contribution in [3.63, 3.8) is 0 Å². The lowest BCUT2D eigenvalue weighted by atomic mass is 10.3. The van der Waals surface area contributed by atoms with Crippen molar-refractivity contribution in [3.05, 3.63) is 39.3 Å². The summed E-state index contributed by atoms with van der Waals surface area (Å²) in [4.78, 5) is 15.4. The average Bonchev–Trinajstić information content (AvgIpc) is 2.61. The average molecular weight is 350 g/mol. The van der Waals surface area contributed by atoms with Gasteiger partial charge in [0.1, 0.15) is 6.54 Å². The van der Waals surface area contributed by atoms with E-state index in [-0.39, 0.29) is 23.0 Å². The molecule has 1 aromatic carbocycles. The molecule has 2 aromatic rings. The van der Waals surface area contributed by atoms with Gasteiger partial charge in [0.05, 0.1) is 0 Å². The van der Waals surface area contributed by atoms with E-state index >= 15 is 0 Å². The number of rotatable bonds is 3. The number of anilines is 1. The first-order valence-corrected chi connectivity index (χ1v) is 6.41. The molecular weight excluding hydrogens is 343 g/mol. The molecule has 0 spiro atoms. The van der Waals surface area contributed by atoms with Crippen molar-refractivity contribution in [2.45, 2.75) is 6.54 Å². The molecule has 18 heavy (non-hydrogen) atoms. The Morgan fingerprint density at radius 1 is 1.33 bits per heavy atom. The quantitative estimate of drug-likeness (QED) is 0.926. The number of carbonyl (C=O) groups excluding carboxylic acids is 1. The zero-order valence-corrected chi connectivity index (χ0v) is 12.0. The maximum atomic E-state index is 11.7. The summed E-state index contributed by atoms with van der Waals surface area (Å²) in [5.74, 6) is -0.263. The maximum absolute atomic E-state index is 11.7. The van der Waals surface area contributed by atoms with Crippen molar-refractivity contribution >= 4 is 50.7 Å². The number of aromatic nitrogens is 3. The van der Waals surface area contributed by atoms with Crippen LogP contribution < -0.4 is 5.32 Å². The highest BCUT2D eigenvalue weighted by molar-refractivity contribution is 9.10. The minimum atomic E-state index is -0.263. The number of nitrogens with one attached hydrogen (secondary N) is 1. The number of hydrogen-bond donors (Lipinski definition) is 1. The van der Waals surface area contributed by atoms with E-state index in [0.29, 0.717) is 5.69 Å². The molecule has 94 valence electrons. The van der Waals surface area contributed by atoms with Crippen molar-refractivity contribution in [1.29, 1.82) is 0 Å². The van der Waals surface area contributed by atoms with Crippen LogP contribution in [0.25, 0.3) is 0 Å². The van der Waals surface area contributed by atoms with Crippen LogP contribution in [0.2, 0.25) is 10.6 Å². The molecule has 1 N–H and O–H groups in total. The largest absolute Gasteiger partial charge is 0.324 e. The Morgan fingerprint density at radius 3 is 2.56 bits per heavy atom. The number of carbonyl (C=O) groups is 1. The highest BCUT2D eigenvalue weighted by atomic mass is 79.9. The summed E-state index contributed by atoms with van der Waals surface area (Å²) in [6.45, 7) is -0.0470. The molecule has 1 amide bonds. The van der Waals surface area contributed by atoms with Gasteiger partial charge in [-0.3, -0.25) is 4.79 Å². The van der Waals surface area contributed by atoms with Gasteiger partial charge in [-0.1, -0.05) is 15.9 Å². The van der Waals surface area contributed by atoms with Crippen LogP contribution in [0.4, 0.5) is 5.69 Å². The highest BCUT2D eigenvalue weighted by Crippen LogP contribution is 2.14. The molecule has 1 heterocycles. The fraction of sp³-hybridized carbons (Fsp3) is 0.100. The second kappa shape index (κ2) is 5.69. The zero-order valence-electron chi connectivity index (χ0n) is 8.90. The molecule has 0 aliphatic rings. The Labute approximate surface area is 121 Å². The van der Waals surface area contributed by atoms with E-state index in [1.165, 1.54) is 4.68 Å². The lowest BCUT2D eigenvalue weighted by molar-refractivity contribution is -0.116. The van der Waals surface area contributed by atoms with Gasteiger partial charge in [-0.25, -0.2) is 4.68 Å². The Kier molecular flexibility index (Phi) is 4.21. The molecular formula is C10H7BrCl2N4O. The van der Waals surface area contributed by atoms with Gasteiger partial charge >= 0.3 is 0 Å². The van der Waals surface area contributed by atoms with Gasteiger partial charge in [0.25, 0.3) is 0 Å². The third kappa shape index (κ3) is 3.44. The first kappa shape index (κ1) is 13.3. The summed E-state index contributed by atoms with van der Waals surface area (Å²) in [7, 11) is 0. The minimum absolute atomic E-state index is 0.0106. The van der Waals surface area contributed by atoms with Crippen LogP contribution in [0, 0.1) is 0 Å². The number of benzene rings is 1. The van der Waals surface area contributed by atoms with Gasteiger partial charge in [-0.05, 0) is 47.5 Å². The van der Waals surface area contributed by atoms with E-state index in [2.05, 4.69) is 31.3 Å². The zero-order chi connectivity index (χ0) is 13.1. The van der Waals surface area contributed by atoms with Crippen molar-refractivity contribution < 1.29 is 4.79 Å². The predicted octanol–water partition coefficient (Wildman–Crippen LogP) is 2.99. The van der Waals surface area contributed by atoms with E-state index in [9.17, 15) is 4.79 Å². The predicted molar refractivity (Wildman–Crippen MR) is 72.8 cm³/mol. The number of amides is 1. The topological polar surface area (TPSA) is 59.8 Å². The second-order valence-corrected chi connectivity index (χ2v) is 4.95. The molecule has 0 saturated heterocycles. The van der Waals surface area contributed by atoms with Gasteiger partial charge in [0, 0.05) is 10.2 Å². The summed E-state index contributed by atoms with van der Waals surface area (Å²) in [5, 5.41) is 6.57. The van der Waals surface area contributed by atoms with Gasteiger partial charge in [0.2, 0.25) is 16.5 Å². The van der Waals surface area contributed by atoms with Gasteiger partial charge < -0.3 is 5.32 Å². The van der Waals surface area contributed by atoms with Crippen LogP contribution in [-0.4, -0.2) is 20.7 Å². The van der Waals surface area contributed by atoms with Gasteiger partial charge in [0.15, 0.2) is 0 Å². The first-order chi connectivity index (χ1) is 8.54. The Bertz CT molecular complexity index is 570. The van der Waals surface area contributed by atoms with Crippen molar-refractivity contribution in [2.75, 3.05) is 5.32 Å². The fourth-order valence-corrected chi connectivity index (χ4v) is 1.92. The second-order valence-electron chi connectivity index (χ2n) is 3.36. The molecule has 0 atom stereocenters. The van der Waals surface area contributed by atoms with Crippen LogP contribution in [0.15, 0.2) is 28.7 Å². The fourth-order valence-electron chi connectivity index (χ4n) is 1.27. The summed E-state index contributed by atoms with van der Waals surface area (Å²) >= 11 is 14.6. The monoisotopic (exact) mass is 348 g/mol. The molecule has 2 rings (SSSR count). The lowest BCUT2D eigenvalue weighted by Crippen LogP contribution is -2.19. The molecule has 1 aromatic heterocycles. The number of hydrogen-bond acceptors (Lipinski definition) is 3. The molecule has 0 aliphatic heterocycles. The Morgan fingerprint density at radius 2 is 2.00 bits per heavy atom. The lowest BCUT2D eigenvalue weighted by Gasteiger charge is -2.05. The standard InChI is InChI=1S/C10H7BrCl2N4O/c11-6-1-3-7(4-2-6)14-8(18)5-17-10(13)15-9(12)16-17/h1-4H,5H2,(H,14,18). The molecule has 0 saturated carbocycles. The van der Waals surface area contributed by atoms with Crippen LogP contribution in [0.3, 0.4) is 0 Å². The molecule has 0 fully saturated rings. The number of halogens is 3. The molecule has 5 nitrogen and oxygen atoms in total. The maximum Gasteiger partial charge on any atom is 0.246 e. The van der Waals surface area contributed by atoms with Gasteiger partial charge in [-0.2, -0.15) is 4.98 Å². The molecule has 0 bridgehead atoms. The minimum Gasteiger partial charge on any atom is -0.324 e. The Hall–Kier alpha value is -1.11. The molecule has 0 unspecified atom stereocenters. The molecule has 0 radical (unpaired) electrons. The highest BCUT2D eigenvalue weighted by Gasteiger charge is 2.10. The van der Waals surface area contributed by atoms with Crippen molar-refractivity contribution in [1.82, 2.24) is 14.8 Å². The van der Waals surface area contributed by atoms with Crippen LogP contribution in [0.5, 0.6) is 0 Å². The van der Waals surface area contributed by atoms with Crippen molar-refractivity contribution in [3.8, 4) is 0 Å². The third-order valence-electron chi connectivity index (χ3n) is 2.02. The van der Waals surface area contributed by atoms with E-state index in [1.54, 1.807) is 12.1 Å². The molecule has 0 aliphatic carbocycles. The molecule has 8 heteroatoms. The van der Waals surface area contributed by atoms with Gasteiger partial charge in [-0.15, -0.1) is 5.10 Å². The van der Waals surface area contributed by atoms with Crippen molar-refractivity contribution in [2.24, 2.45) is 0 Å². The Balaban J connectivity index is 2.01. The third-order valence-corrected chi connectivity index (χ3v) is 2.99. The van der Waals surface area contributed by atoms with E-state index < -0.39 is 0 Å². The van der Waals surface area contributed by atoms with E-state index in [4.69, 9.17) is 23.2 Å². The summed E-state index contributed by atoms with van der Waals surface area (Å²) in [5.41, 5.74) is 0.686. The van der Waals surface area contributed by atoms with E-state index in [1.807, 2.05) is 12.1 Å².